The first-order valence-corrected chi connectivity index (χ1v) is 6.71. The van der Waals surface area contributed by atoms with Gasteiger partial charge in [-0.1, -0.05) is 47.5 Å². The van der Waals surface area contributed by atoms with Gasteiger partial charge in [-0.2, -0.15) is 0 Å². The van der Waals surface area contributed by atoms with E-state index in [2.05, 4.69) is 31.0 Å². The van der Waals surface area contributed by atoms with Crippen molar-refractivity contribution in [1.29, 1.82) is 0 Å². The number of benzene rings is 2. The van der Waals surface area contributed by atoms with Crippen LogP contribution in [0.1, 0.15) is 16.7 Å². The summed E-state index contributed by atoms with van der Waals surface area (Å²) in [6, 6.07) is 14.1. The molecular formula is C16H19ClN2. The number of nitrogens with zero attached hydrogens (tertiary/aromatic N) is 1. The van der Waals surface area contributed by atoms with Gasteiger partial charge >= 0.3 is 0 Å². The van der Waals surface area contributed by atoms with Crippen LogP contribution in [0.15, 0.2) is 42.5 Å². The van der Waals surface area contributed by atoms with Gasteiger partial charge in [-0.3, -0.25) is 4.90 Å². The number of aryl methyl sites for hydroxylation is 1. The van der Waals surface area contributed by atoms with Gasteiger partial charge in [0.2, 0.25) is 0 Å². The van der Waals surface area contributed by atoms with Crippen LogP contribution in [-0.2, 0) is 13.1 Å². The van der Waals surface area contributed by atoms with Gasteiger partial charge in [-0.25, -0.2) is 0 Å². The molecule has 2 rings (SSSR count). The lowest BCUT2D eigenvalue weighted by atomic mass is 10.1. The fraction of sp³-hybridized carbons (Fsp3) is 0.250. The summed E-state index contributed by atoms with van der Waals surface area (Å²) in [5.41, 5.74) is 10.4. The normalized spacial score (nSPS) is 10.9. The molecule has 0 heterocycles. The van der Waals surface area contributed by atoms with Crippen LogP contribution >= 0.6 is 11.6 Å². The quantitative estimate of drug-likeness (QED) is 0.858. The van der Waals surface area contributed by atoms with Crippen LogP contribution in [0.5, 0.6) is 0 Å². The van der Waals surface area contributed by atoms with E-state index in [0.717, 1.165) is 34.9 Å². The van der Waals surface area contributed by atoms with Gasteiger partial charge in [0.15, 0.2) is 0 Å². The molecule has 0 spiro atoms. The number of hydrogen-bond acceptors (Lipinski definition) is 2. The van der Waals surface area contributed by atoms with Gasteiger partial charge in [-0.05, 0) is 37.2 Å². The Morgan fingerprint density at radius 2 is 1.74 bits per heavy atom. The summed E-state index contributed by atoms with van der Waals surface area (Å²) in [4.78, 5) is 2.21. The van der Waals surface area contributed by atoms with Gasteiger partial charge in [0.1, 0.15) is 0 Å². The molecule has 3 heteroatoms. The monoisotopic (exact) mass is 274 g/mol. The minimum Gasteiger partial charge on any atom is -0.398 e. The Kier molecular flexibility index (Phi) is 4.46. The van der Waals surface area contributed by atoms with Crippen LogP contribution in [0.25, 0.3) is 0 Å². The standard InChI is InChI=1S/C16H19ClN2/c1-12-7-8-16(18)14(9-12)11-19(2)10-13-5-3-4-6-15(13)17/h3-9H,10-11,18H2,1-2H3. The molecule has 0 aliphatic rings. The number of halogens is 1. The molecule has 0 bridgehead atoms. The predicted octanol–water partition coefficient (Wildman–Crippen LogP) is 3.86. The lowest BCUT2D eigenvalue weighted by Gasteiger charge is -2.19. The van der Waals surface area contributed by atoms with Crippen molar-refractivity contribution in [2.24, 2.45) is 0 Å². The maximum absolute atomic E-state index is 6.18. The highest BCUT2D eigenvalue weighted by atomic mass is 35.5. The van der Waals surface area contributed by atoms with E-state index in [1.165, 1.54) is 5.56 Å². The molecule has 0 aromatic heterocycles. The second-order valence-electron chi connectivity index (χ2n) is 4.97. The summed E-state index contributed by atoms with van der Waals surface area (Å²) >= 11 is 6.18. The zero-order valence-electron chi connectivity index (χ0n) is 11.4. The average Bonchev–Trinajstić information content (AvgIpc) is 2.37. The Bertz CT molecular complexity index is 566. The van der Waals surface area contributed by atoms with Crippen molar-refractivity contribution in [3.63, 3.8) is 0 Å². The van der Waals surface area contributed by atoms with Crippen molar-refractivity contribution in [1.82, 2.24) is 4.90 Å². The first-order chi connectivity index (χ1) is 9.06. The van der Waals surface area contributed by atoms with Crippen molar-refractivity contribution >= 4 is 17.3 Å². The molecule has 2 N–H and O–H groups in total. The molecule has 0 unspecified atom stereocenters. The minimum atomic E-state index is 0.812. The third-order valence-corrected chi connectivity index (χ3v) is 3.51. The third kappa shape index (κ3) is 3.72. The molecule has 0 amide bonds. The molecule has 0 aliphatic heterocycles. The van der Waals surface area contributed by atoms with Crippen LogP contribution in [0.3, 0.4) is 0 Å². The summed E-state index contributed by atoms with van der Waals surface area (Å²) in [6.07, 6.45) is 0. The highest BCUT2D eigenvalue weighted by Gasteiger charge is 2.07. The molecule has 0 aliphatic carbocycles. The highest BCUT2D eigenvalue weighted by Crippen LogP contribution is 2.19. The average molecular weight is 275 g/mol. The minimum absolute atomic E-state index is 0.812. The van der Waals surface area contributed by atoms with E-state index in [9.17, 15) is 0 Å². The molecule has 2 aromatic rings. The first kappa shape index (κ1) is 13.9. The summed E-state index contributed by atoms with van der Waals surface area (Å²) in [5, 5.41) is 0.812. The van der Waals surface area contributed by atoms with Crippen LogP contribution in [0.2, 0.25) is 5.02 Å². The van der Waals surface area contributed by atoms with Crippen molar-refractivity contribution in [2.45, 2.75) is 20.0 Å². The molecule has 0 radical (unpaired) electrons. The number of hydrogen-bond donors (Lipinski definition) is 1. The summed E-state index contributed by atoms with van der Waals surface area (Å²) in [7, 11) is 2.07. The van der Waals surface area contributed by atoms with E-state index in [0.29, 0.717) is 0 Å². The number of nitrogen functional groups attached to an aromatic ring is 1. The maximum atomic E-state index is 6.18. The Morgan fingerprint density at radius 1 is 1.05 bits per heavy atom. The molecular weight excluding hydrogens is 256 g/mol. The van der Waals surface area contributed by atoms with Crippen molar-refractivity contribution < 1.29 is 0 Å². The van der Waals surface area contributed by atoms with Crippen molar-refractivity contribution in [3.05, 3.63) is 64.2 Å². The smallest absolute Gasteiger partial charge is 0.0451 e. The largest absolute Gasteiger partial charge is 0.398 e. The van der Waals surface area contributed by atoms with Gasteiger partial charge < -0.3 is 5.73 Å². The molecule has 100 valence electrons. The van der Waals surface area contributed by atoms with E-state index < -0.39 is 0 Å². The number of nitrogens with two attached hydrogens (primary N) is 1. The lowest BCUT2D eigenvalue weighted by Crippen LogP contribution is -2.18. The summed E-state index contributed by atoms with van der Waals surface area (Å²) in [6.45, 7) is 3.71. The number of anilines is 1. The Labute approximate surface area is 119 Å². The molecule has 0 atom stereocenters. The highest BCUT2D eigenvalue weighted by molar-refractivity contribution is 6.31. The zero-order chi connectivity index (χ0) is 13.8. The number of rotatable bonds is 4. The Morgan fingerprint density at radius 3 is 2.47 bits per heavy atom. The SMILES string of the molecule is Cc1ccc(N)c(CN(C)Cc2ccccc2Cl)c1. The van der Waals surface area contributed by atoms with Crippen LogP contribution in [-0.4, -0.2) is 11.9 Å². The third-order valence-electron chi connectivity index (χ3n) is 3.14. The van der Waals surface area contributed by atoms with Gasteiger partial charge in [0, 0.05) is 23.8 Å². The Balaban J connectivity index is 2.07. The van der Waals surface area contributed by atoms with E-state index in [1.807, 2.05) is 30.3 Å². The molecule has 0 saturated carbocycles. The summed E-state index contributed by atoms with van der Waals surface area (Å²) in [5.74, 6) is 0. The van der Waals surface area contributed by atoms with E-state index in [1.54, 1.807) is 0 Å². The lowest BCUT2D eigenvalue weighted by molar-refractivity contribution is 0.319. The van der Waals surface area contributed by atoms with Crippen LogP contribution in [0, 0.1) is 6.92 Å². The zero-order valence-corrected chi connectivity index (χ0v) is 12.1. The molecule has 2 nitrogen and oxygen atoms in total. The maximum Gasteiger partial charge on any atom is 0.0451 e. The molecule has 0 fully saturated rings. The van der Waals surface area contributed by atoms with Crippen molar-refractivity contribution in [3.8, 4) is 0 Å². The van der Waals surface area contributed by atoms with E-state index in [-0.39, 0.29) is 0 Å². The van der Waals surface area contributed by atoms with Gasteiger partial charge in [0.05, 0.1) is 0 Å². The second kappa shape index (κ2) is 6.09. The topological polar surface area (TPSA) is 29.3 Å². The van der Waals surface area contributed by atoms with E-state index in [4.69, 9.17) is 17.3 Å². The molecule has 19 heavy (non-hydrogen) atoms. The van der Waals surface area contributed by atoms with Crippen LogP contribution in [0.4, 0.5) is 5.69 Å². The molecule has 2 aromatic carbocycles. The molecule has 0 saturated heterocycles. The van der Waals surface area contributed by atoms with Gasteiger partial charge in [0.25, 0.3) is 0 Å². The van der Waals surface area contributed by atoms with Crippen LogP contribution < -0.4 is 5.73 Å². The van der Waals surface area contributed by atoms with Gasteiger partial charge in [-0.15, -0.1) is 0 Å². The fourth-order valence-electron chi connectivity index (χ4n) is 2.14. The summed E-state index contributed by atoms with van der Waals surface area (Å²) < 4.78 is 0. The first-order valence-electron chi connectivity index (χ1n) is 6.33. The second-order valence-corrected chi connectivity index (χ2v) is 5.37. The van der Waals surface area contributed by atoms with Crippen molar-refractivity contribution in [2.75, 3.05) is 12.8 Å². The van der Waals surface area contributed by atoms with E-state index >= 15 is 0 Å². The Hall–Kier alpha value is -1.51. The fourth-order valence-corrected chi connectivity index (χ4v) is 2.33. The predicted molar refractivity (Wildman–Crippen MR) is 82.2 cm³/mol.